The molecule has 3 rings (SSSR count). The van der Waals surface area contributed by atoms with Crippen molar-refractivity contribution in [2.24, 2.45) is 5.92 Å². The number of hydrogen-bond acceptors (Lipinski definition) is 3. The molecule has 0 radical (unpaired) electrons. The van der Waals surface area contributed by atoms with E-state index in [1.54, 1.807) is 0 Å². The van der Waals surface area contributed by atoms with E-state index in [0.29, 0.717) is 0 Å². The molecule has 0 spiro atoms. The molecule has 0 bridgehead atoms. The van der Waals surface area contributed by atoms with Gasteiger partial charge < -0.3 is 0 Å². The van der Waals surface area contributed by atoms with Crippen molar-refractivity contribution in [3.63, 3.8) is 0 Å². The van der Waals surface area contributed by atoms with Crippen LogP contribution in [0, 0.1) is 5.92 Å². The molecule has 2 N–H and O–H groups in total. The molecular formula is C22H30N2S. The van der Waals surface area contributed by atoms with Crippen molar-refractivity contribution < 1.29 is 0 Å². The van der Waals surface area contributed by atoms with E-state index in [4.69, 9.17) is 0 Å². The summed E-state index contributed by atoms with van der Waals surface area (Å²) in [7, 11) is 0. The minimum Gasteiger partial charge on any atom is -0.298 e. The van der Waals surface area contributed by atoms with Crippen LogP contribution >= 0.6 is 12.6 Å². The number of nitrogens with one attached hydrogen (secondary N) is 2. The predicted molar refractivity (Wildman–Crippen MR) is 110 cm³/mol. The highest BCUT2D eigenvalue weighted by atomic mass is 32.1. The lowest BCUT2D eigenvalue weighted by atomic mass is 9.97. The molecule has 2 aromatic rings. The van der Waals surface area contributed by atoms with Crippen molar-refractivity contribution in [2.75, 3.05) is 13.1 Å². The van der Waals surface area contributed by atoms with Crippen LogP contribution in [0.4, 0.5) is 0 Å². The summed E-state index contributed by atoms with van der Waals surface area (Å²) in [5.74, 6) is 0.770. The van der Waals surface area contributed by atoms with Crippen LogP contribution in [-0.2, 0) is 0 Å². The molecule has 1 fully saturated rings. The summed E-state index contributed by atoms with van der Waals surface area (Å²) in [6, 6.07) is 17.2. The summed E-state index contributed by atoms with van der Waals surface area (Å²) in [6.45, 7) is 4.51. The van der Waals surface area contributed by atoms with Gasteiger partial charge in [-0.15, -0.1) is 12.6 Å². The second-order valence-electron chi connectivity index (χ2n) is 7.13. The molecule has 0 amide bonds. The van der Waals surface area contributed by atoms with Crippen LogP contribution in [0.2, 0.25) is 0 Å². The number of thiol groups is 1. The average Bonchev–Trinajstić information content (AvgIpc) is 2.67. The van der Waals surface area contributed by atoms with Crippen molar-refractivity contribution in [3.8, 4) is 11.1 Å². The molecule has 0 unspecified atom stereocenters. The average molecular weight is 355 g/mol. The van der Waals surface area contributed by atoms with E-state index >= 15 is 0 Å². The lowest BCUT2D eigenvalue weighted by Crippen LogP contribution is -2.46. The Bertz CT molecular complexity index is 628. The van der Waals surface area contributed by atoms with Crippen LogP contribution in [0.1, 0.15) is 50.8 Å². The first-order chi connectivity index (χ1) is 12.3. The maximum atomic E-state index is 4.35. The molecule has 0 atom stereocenters. The van der Waals surface area contributed by atoms with Gasteiger partial charge in [-0.3, -0.25) is 10.6 Å². The zero-order chi connectivity index (χ0) is 17.5. The Morgan fingerprint density at radius 1 is 0.840 bits per heavy atom. The second-order valence-corrected chi connectivity index (χ2v) is 7.65. The lowest BCUT2D eigenvalue weighted by molar-refractivity contribution is 0.282. The van der Waals surface area contributed by atoms with Crippen LogP contribution in [-0.4, -0.2) is 13.1 Å². The SMILES string of the molecule is CCCCCCC1CNC(c2ccc(-c3ccc(S)cc3)cc2)NC1. The van der Waals surface area contributed by atoms with Gasteiger partial charge in [0.15, 0.2) is 0 Å². The first-order valence-electron chi connectivity index (χ1n) is 9.62. The smallest absolute Gasteiger partial charge is 0.0835 e. The molecule has 0 aromatic heterocycles. The van der Waals surface area contributed by atoms with Crippen LogP contribution in [0.3, 0.4) is 0 Å². The number of hydrogen-bond donors (Lipinski definition) is 3. The first-order valence-corrected chi connectivity index (χ1v) is 10.1. The van der Waals surface area contributed by atoms with Crippen molar-refractivity contribution >= 4 is 12.6 Å². The monoisotopic (exact) mass is 354 g/mol. The number of unbranched alkanes of at least 4 members (excludes halogenated alkanes) is 3. The Labute approximate surface area is 157 Å². The molecule has 0 saturated carbocycles. The Morgan fingerprint density at radius 2 is 1.44 bits per heavy atom. The largest absolute Gasteiger partial charge is 0.298 e. The summed E-state index contributed by atoms with van der Waals surface area (Å²) >= 11 is 4.35. The standard InChI is InChI=1S/C22H30N2S/c1-2-3-4-5-6-17-15-23-22(24-16-17)20-9-7-18(8-10-20)19-11-13-21(25)14-12-19/h7-14,17,22-25H,2-6,15-16H2,1H3. The van der Waals surface area contributed by atoms with Gasteiger partial charge in [0.05, 0.1) is 6.17 Å². The van der Waals surface area contributed by atoms with Crippen molar-refractivity contribution in [2.45, 2.75) is 50.1 Å². The second kappa shape index (κ2) is 9.42. The summed E-state index contributed by atoms with van der Waals surface area (Å²) in [5.41, 5.74) is 3.81. The molecule has 2 nitrogen and oxygen atoms in total. The van der Waals surface area contributed by atoms with E-state index in [-0.39, 0.29) is 6.17 Å². The maximum Gasteiger partial charge on any atom is 0.0835 e. The fourth-order valence-corrected chi connectivity index (χ4v) is 3.68. The van der Waals surface area contributed by atoms with Crippen molar-refractivity contribution in [1.82, 2.24) is 10.6 Å². The highest BCUT2D eigenvalue weighted by Crippen LogP contribution is 2.24. The maximum absolute atomic E-state index is 4.35. The zero-order valence-corrected chi connectivity index (χ0v) is 16.1. The topological polar surface area (TPSA) is 24.1 Å². The predicted octanol–water partition coefficient (Wildman–Crippen LogP) is 5.42. The Hall–Kier alpha value is -1.29. The fraction of sp³-hybridized carbons (Fsp3) is 0.455. The van der Waals surface area contributed by atoms with E-state index in [1.165, 1.54) is 48.8 Å². The van der Waals surface area contributed by atoms with E-state index in [9.17, 15) is 0 Å². The molecule has 134 valence electrons. The summed E-state index contributed by atoms with van der Waals surface area (Å²) in [5, 5.41) is 7.34. The Balaban J connectivity index is 1.51. The first kappa shape index (κ1) is 18.5. The van der Waals surface area contributed by atoms with E-state index < -0.39 is 0 Å². The van der Waals surface area contributed by atoms with Gasteiger partial charge in [0, 0.05) is 18.0 Å². The molecule has 0 aliphatic carbocycles. The van der Waals surface area contributed by atoms with E-state index in [2.05, 4.69) is 66.6 Å². The van der Waals surface area contributed by atoms with Crippen LogP contribution in [0.25, 0.3) is 11.1 Å². The van der Waals surface area contributed by atoms with Gasteiger partial charge >= 0.3 is 0 Å². The third-order valence-electron chi connectivity index (χ3n) is 5.13. The van der Waals surface area contributed by atoms with Gasteiger partial charge in [-0.25, -0.2) is 0 Å². The van der Waals surface area contributed by atoms with Crippen LogP contribution in [0.15, 0.2) is 53.4 Å². The molecule has 3 heteroatoms. The summed E-state index contributed by atoms with van der Waals surface area (Å²) < 4.78 is 0. The highest BCUT2D eigenvalue weighted by molar-refractivity contribution is 7.80. The lowest BCUT2D eigenvalue weighted by Gasteiger charge is -2.31. The van der Waals surface area contributed by atoms with Crippen molar-refractivity contribution in [3.05, 3.63) is 54.1 Å². The Kier molecular flexibility index (Phi) is 6.97. The van der Waals surface area contributed by atoms with Gasteiger partial charge in [-0.2, -0.15) is 0 Å². The quantitative estimate of drug-likeness (QED) is 0.457. The van der Waals surface area contributed by atoms with E-state index in [1.807, 2.05) is 12.1 Å². The van der Waals surface area contributed by atoms with Gasteiger partial charge in [0.1, 0.15) is 0 Å². The third kappa shape index (κ3) is 5.34. The molecular weight excluding hydrogens is 324 g/mol. The number of benzene rings is 2. The molecule has 1 aliphatic heterocycles. The fourth-order valence-electron chi connectivity index (χ4n) is 3.53. The molecule has 1 heterocycles. The molecule has 25 heavy (non-hydrogen) atoms. The van der Waals surface area contributed by atoms with Gasteiger partial charge in [0.2, 0.25) is 0 Å². The zero-order valence-electron chi connectivity index (χ0n) is 15.2. The van der Waals surface area contributed by atoms with Gasteiger partial charge in [-0.1, -0.05) is 69.0 Å². The normalized spacial score (nSPS) is 20.6. The third-order valence-corrected chi connectivity index (χ3v) is 5.43. The van der Waals surface area contributed by atoms with Gasteiger partial charge in [-0.05, 0) is 41.2 Å². The van der Waals surface area contributed by atoms with Crippen LogP contribution in [0.5, 0.6) is 0 Å². The molecule has 1 saturated heterocycles. The van der Waals surface area contributed by atoms with Gasteiger partial charge in [0.25, 0.3) is 0 Å². The Morgan fingerprint density at radius 3 is 2.04 bits per heavy atom. The summed E-state index contributed by atoms with van der Waals surface area (Å²) in [4.78, 5) is 1.00. The molecule has 1 aliphatic rings. The molecule has 2 aromatic carbocycles. The van der Waals surface area contributed by atoms with Crippen LogP contribution < -0.4 is 10.6 Å². The van der Waals surface area contributed by atoms with Crippen molar-refractivity contribution in [1.29, 1.82) is 0 Å². The minimum atomic E-state index is 0.278. The summed E-state index contributed by atoms with van der Waals surface area (Å²) in [6.07, 6.45) is 7.06. The minimum absolute atomic E-state index is 0.278. The number of rotatable bonds is 7. The highest BCUT2D eigenvalue weighted by Gasteiger charge is 2.20. The van der Waals surface area contributed by atoms with E-state index in [0.717, 1.165) is 23.9 Å².